The Morgan fingerprint density at radius 1 is 1.40 bits per heavy atom. The van der Waals surface area contributed by atoms with Gasteiger partial charge in [-0.3, -0.25) is 0 Å². The molecule has 0 saturated carbocycles. The summed E-state index contributed by atoms with van der Waals surface area (Å²) in [4.78, 5) is 0. The highest BCUT2D eigenvalue weighted by Crippen LogP contribution is 2.27. The van der Waals surface area contributed by atoms with Crippen LogP contribution in [0.1, 0.15) is 23.7 Å². The van der Waals surface area contributed by atoms with Crippen LogP contribution in [0.15, 0.2) is 18.2 Å². The molecule has 0 fully saturated rings. The molecule has 0 bridgehead atoms. The molecule has 0 aromatic heterocycles. The number of aliphatic hydroxyl groups excluding tert-OH is 2. The fourth-order valence-corrected chi connectivity index (χ4v) is 1.88. The van der Waals surface area contributed by atoms with Gasteiger partial charge in [0.2, 0.25) is 0 Å². The number of aliphatic hydroxyl groups is 2. The third kappa shape index (κ3) is 3.38. The number of hydrogen-bond acceptors (Lipinski definition) is 3. The van der Waals surface area contributed by atoms with Crippen molar-refractivity contribution < 1.29 is 10.2 Å². The smallest absolute Gasteiger partial charge is 0.106 e. The minimum atomic E-state index is -0.940. The van der Waals surface area contributed by atoms with Crippen molar-refractivity contribution in [2.75, 3.05) is 5.75 Å². The normalized spacial score (nSPS) is 15.0. The zero-order chi connectivity index (χ0) is 11.4. The summed E-state index contributed by atoms with van der Waals surface area (Å²) in [5.74, 6) is 0.529. The molecule has 0 saturated heterocycles. The fourth-order valence-electron chi connectivity index (χ4n) is 1.39. The lowest BCUT2D eigenvalue weighted by atomic mass is 10.0. The molecule has 1 aromatic rings. The first-order valence-corrected chi connectivity index (χ1v) is 5.80. The zero-order valence-corrected chi connectivity index (χ0v) is 10.2. The van der Waals surface area contributed by atoms with E-state index in [1.165, 1.54) is 0 Å². The first-order chi connectivity index (χ1) is 7.06. The fraction of sp³-hybridized carbons (Fsp3) is 0.455. The Morgan fingerprint density at radius 2 is 2.07 bits per heavy atom. The lowest BCUT2D eigenvalue weighted by Gasteiger charge is -2.18. The molecule has 0 spiro atoms. The zero-order valence-electron chi connectivity index (χ0n) is 8.52. The van der Waals surface area contributed by atoms with E-state index in [4.69, 9.17) is 11.6 Å². The Balaban J connectivity index is 2.89. The third-order valence-electron chi connectivity index (χ3n) is 2.26. The number of hydrogen-bond donors (Lipinski definition) is 3. The third-order valence-corrected chi connectivity index (χ3v) is 2.86. The van der Waals surface area contributed by atoms with Crippen LogP contribution in [-0.4, -0.2) is 22.1 Å². The molecule has 0 aliphatic carbocycles. The predicted octanol–water partition coefficient (Wildman–Crippen LogP) is 2.36. The second kappa shape index (κ2) is 5.75. The van der Waals surface area contributed by atoms with E-state index in [0.717, 1.165) is 5.56 Å². The minimum Gasteiger partial charge on any atom is -0.390 e. The van der Waals surface area contributed by atoms with Gasteiger partial charge in [0.05, 0.1) is 6.10 Å². The number of thiol groups is 1. The average molecular weight is 247 g/mol. The largest absolute Gasteiger partial charge is 0.390 e. The molecule has 0 aliphatic rings. The van der Waals surface area contributed by atoms with Crippen molar-refractivity contribution in [1.82, 2.24) is 0 Å². The molecule has 0 amide bonds. The van der Waals surface area contributed by atoms with Crippen molar-refractivity contribution in [1.29, 1.82) is 0 Å². The first kappa shape index (κ1) is 12.8. The summed E-state index contributed by atoms with van der Waals surface area (Å²) in [7, 11) is 0. The van der Waals surface area contributed by atoms with Crippen molar-refractivity contribution in [3.8, 4) is 0 Å². The van der Waals surface area contributed by atoms with Crippen molar-refractivity contribution in [2.45, 2.75) is 25.6 Å². The molecule has 4 heteroatoms. The Bertz CT molecular complexity index is 330. The summed E-state index contributed by atoms with van der Waals surface area (Å²) in [5.41, 5.74) is 1.58. The SMILES string of the molecule is Cc1ccc(Cl)c(C(O)C(O)CCS)c1. The van der Waals surface area contributed by atoms with Gasteiger partial charge >= 0.3 is 0 Å². The Hall–Kier alpha value is -0.220. The molecule has 1 aromatic carbocycles. The Kier molecular flexibility index (Phi) is 4.93. The van der Waals surface area contributed by atoms with E-state index >= 15 is 0 Å². The summed E-state index contributed by atoms with van der Waals surface area (Å²) in [6.07, 6.45) is -1.32. The molecule has 15 heavy (non-hydrogen) atoms. The summed E-state index contributed by atoms with van der Waals surface area (Å²) in [5, 5.41) is 20.0. The number of halogens is 1. The maximum Gasteiger partial charge on any atom is 0.106 e. The highest BCUT2D eigenvalue weighted by atomic mass is 35.5. The predicted molar refractivity (Wildman–Crippen MR) is 65.6 cm³/mol. The second-order valence-corrected chi connectivity index (χ2v) is 4.40. The molecule has 0 heterocycles. The minimum absolute atomic E-state index is 0.439. The average Bonchev–Trinajstić information content (AvgIpc) is 2.21. The van der Waals surface area contributed by atoms with Crippen LogP contribution in [0.4, 0.5) is 0 Å². The molecule has 84 valence electrons. The van der Waals surface area contributed by atoms with Crippen LogP contribution in [0.5, 0.6) is 0 Å². The van der Waals surface area contributed by atoms with Gasteiger partial charge in [0.1, 0.15) is 6.10 Å². The monoisotopic (exact) mass is 246 g/mol. The van der Waals surface area contributed by atoms with Crippen LogP contribution < -0.4 is 0 Å². The molecule has 2 nitrogen and oxygen atoms in total. The number of benzene rings is 1. The van der Waals surface area contributed by atoms with E-state index in [0.29, 0.717) is 22.8 Å². The number of rotatable bonds is 4. The molecule has 0 radical (unpaired) electrons. The van der Waals surface area contributed by atoms with Crippen LogP contribution in [0.3, 0.4) is 0 Å². The molecular weight excluding hydrogens is 232 g/mol. The van der Waals surface area contributed by atoms with Gasteiger partial charge in [-0.05, 0) is 25.2 Å². The molecule has 2 unspecified atom stereocenters. The molecule has 1 rings (SSSR count). The molecular formula is C11H15ClO2S. The van der Waals surface area contributed by atoms with E-state index in [1.807, 2.05) is 13.0 Å². The van der Waals surface area contributed by atoms with Crippen molar-refractivity contribution in [3.63, 3.8) is 0 Å². The molecule has 2 N–H and O–H groups in total. The van der Waals surface area contributed by atoms with Crippen molar-refractivity contribution in [2.24, 2.45) is 0 Å². The quantitative estimate of drug-likeness (QED) is 0.714. The van der Waals surface area contributed by atoms with Crippen LogP contribution in [-0.2, 0) is 0 Å². The van der Waals surface area contributed by atoms with Crippen molar-refractivity contribution >= 4 is 24.2 Å². The lowest BCUT2D eigenvalue weighted by Crippen LogP contribution is -2.19. The van der Waals surface area contributed by atoms with Gasteiger partial charge in [0, 0.05) is 10.6 Å². The Morgan fingerprint density at radius 3 is 2.67 bits per heavy atom. The van der Waals surface area contributed by atoms with Crippen LogP contribution >= 0.6 is 24.2 Å². The van der Waals surface area contributed by atoms with E-state index in [9.17, 15) is 10.2 Å². The van der Waals surface area contributed by atoms with Gasteiger partial charge in [-0.1, -0.05) is 29.3 Å². The van der Waals surface area contributed by atoms with Gasteiger partial charge < -0.3 is 10.2 Å². The van der Waals surface area contributed by atoms with Gasteiger partial charge in [-0.25, -0.2) is 0 Å². The first-order valence-electron chi connectivity index (χ1n) is 4.79. The van der Waals surface area contributed by atoms with Crippen LogP contribution in [0.2, 0.25) is 5.02 Å². The van der Waals surface area contributed by atoms with E-state index in [-0.39, 0.29) is 0 Å². The second-order valence-electron chi connectivity index (χ2n) is 3.55. The summed E-state index contributed by atoms with van der Waals surface area (Å²) in [6.45, 7) is 1.91. The standard InChI is InChI=1S/C11H15ClO2S/c1-7-2-3-9(12)8(6-7)11(14)10(13)4-5-15/h2-3,6,10-11,13-15H,4-5H2,1H3. The van der Waals surface area contributed by atoms with Gasteiger partial charge in [0.25, 0.3) is 0 Å². The summed E-state index contributed by atoms with van der Waals surface area (Å²) >= 11 is 9.95. The van der Waals surface area contributed by atoms with Crippen molar-refractivity contribution in [3.05, 3.63) is 34.3 Å². The van der Waals surface area contributed by atoms with E-state index in [2.05, 4.69) is 12.6 Å². The van der Waals surface area contributed by atoms with Gasteiger partial charge in [0.15, 0.2) is 0 Å². The van der Waals surface area contributed by atoms with Crippen LogP contribution in [0.25, 0.3) is 0 Å². The van der Waals surface area contributed by atoms with Gasteiger partial charge in [-0.15, -0.1) is 0 Å². The van der Waals surface area contributed by atoms with E-state index < -0.39 is 12.2 Å². The highest BCUT2D eigenvalue weighted by molar-refractivity contribution is 7.80. The lowest BCUT2D eigenvalue weighted by molar-refractivity contribution is 0.0173. The maximum absolute atomic E-state index is 9.86. The molecule has 2 atom stereocenters. The van der Waals surface area contributed by atoms with E-state index in [1.54, 1.807) is 12.1 Å². The number of aryl methyl sites for hydroxylation is 1. The summed E-state index contributed by atoms with van der Waals surface area (Å²) < 4.78 is 0. The Labute approximate surface area is 100 Å². The highest BCUT2D eigenvalue weighted by Gasteiger charge is 2.19. The van der Waals surface area contributed by atoms with Gasteiger partial charge in [-0.2, -0.15) is 12.6 Å². The molecule has 0 aliphatic heterocycles. The maximum atomic E-state index is 9.86. The summed E-state index contributed by atoms with van der Waals surface area (Å²) in [6, 6.07) is 5.38. The van der Waals surface area contributed by atoms with Crippen LogP contribution in [0, 0.1) is 6.92 Å². The topological polar surface area (TPSA) is 40.5 Å².